The molecule has 1 fully saturated rings. The van der Waals surface area contributed by atoms with Crippen LogP contribution in [0.4, 0.5) is 13.2 Å². The van der Waals surface area contributed by atoms with Crippen molar-refractivity contribution in [2.75, 3.05) is 0 Å². The molecule has 96 valence electrons. The zero-order chi connectivity index (χ0) is 12.7. The lowest BCUT2D eigenvalue weighted by atomic mass is 9.75. The predicted molar refractivity (Wildman–Crippen MR) is 63.9 cm³/mol. The first kappa shape index (κ1) is 13.4. The van der Waals surface area contributed by atoms with E-state index in [2.05, 4.69) is 15.9 Å². The summed E-state index contributed by atoms with van der Waals surface area (Å²) in [6, 6.07) is 0. The zero-order valence-electron chi connectivity index (χ0n) is 8.93. The van der Waals surface area contributed by atoms with Gasteiger partial charge in [-0.05, 0) is 47.0 Å². The highest BCUT2D eigenvalue weighted by atomic mass is 79.9. The summed E-state index contributed by atoms with van der Waals surface area (Å²) in [5.41, 5.74) is -0.742. The Labute approximate surface area is 110 Å². The molecular weight excluding hydrogens is 317 g/mol. The van der Waals surface area contributed by atoms with Crippen molar-refractivity contribution in [3.63, 3.8) is 0 Å². The van der Waals surface area contributed by atoms with Gasteiger partial charge < -0.3 is 5.11 Å². The number of halogens is 4. The molecule has 1 heterocycles. The molecule has 0 saturated heterocycles. The molecule has 2 rings (SSSR count). The molecule has 0 spiro atoms. The second-order valence-corrected chi connectivity index (χ2v) is 6.10. The molecule has 0 radical (unpaired) electrons. The second-order valence-electron chi connectivity index (χ2n) is 4.50. The normalized spacial score (nSPS) is 30.5. The Bertz CT molecular complexity index is 404. The first-order valence-corrected chi connectivity index (χ1v) is 7.08. The van der Waals surface area contributed by atoms with Gasteiger partial charge in [0, 0.05) is 15.4 Å². The van der Waals surface area contributed by atoms with Gasteiger partial charge in [-0.3, -0.25) is 0 Å². The molecule has 1 saturated carbocycles. The molecule has 0 aliphatic heterocycles. The fourth-order valence-corrected chi connectivity index (χ4v) is 4.15. The first-order chi connectivity index (χ1) is 7.83. The van der Waals surface area contributed by atoms with Gasteiger partial charge in [-0.2, -0.15) is 24.5 Å². The van der Waals surface area contributed by atoms with Gasteiger partial charge >= 0.3 is 6.18 Å². The van der Waals surface area contributed by atoms with E-state index < -0.39 is 17.7 Å². The Morgan fingerprint density at radius 3 is 2.65 bits per heavy atom. The van der Waals surface area contributed by atoms with Gasteiger partial charge in [-0.1, -0.05) is 0 Å². The maximum absolute atomic E-state index is 12.7. The van der Waals surface area contributed by atoms with Crippen molar-refractivity contribution < 1.29 is 18.3 Å². The molecule has 2 atom stereocenters. The number of thiophene rings is 1. The topological polar surface area (TPSA) is 20.2 Å². The monoisotopic (exact) mass is 328 g/mol. The lowest BCUT2D eigenvalue weighted by molar-refractivity contribution is -0.201. The van der Waals surface area contributed by atoms with Crippen molar-refractivity contribution in [3.8, 4) is 0 Å². The molecule has 6 heteroatoms. The fourth-order valence-electron chi connectivity index (χ4n) is 2.39. The van der Waals surface area contributed by atoms with Gasteiger partial charge in [-0.15, -0.1) is 0 Å². The molecule has 1 aromatic rings. The molecule has 2 unspecified atom stereocenters. The van der Waals surface area contributed by atoms with Gasteiger partial charge in [0.2, 0.25) is 0 Å². The molecule has 0 aromatic carbocycles. The number of alkyl halides is 3. The summed E-state index contributed by atoms with van der Waals surface area (Å²) < 4.78 is 38.8. The minimum Gasteiger partial charge on any atom is -0.385 e. The van der Waals surface area contributed by atoms with Crippen LogP contribution in [0.25, 0.3) is 0 Å². The molecule has 1 aliphatic carbocycles. The zero-order valence-corrected chi connectivity index (χ0v) is 11.3. The maximum atomic E-state index is 12.7. The molecule has 0 bridgehead atoms. The molecule has 17 heavy (non-hydrogen) atoms. The van der Waals surface area contributed by atoms with Crippen LogP contribution in [0.3, 0.4) is 0 Å². The van der Waals surface area contributed by atoms with Crippen molar-refractivity contribution in [1.29, 1.82) is 0 Å². The quantitative estimate of drug-likeness (QED) is 0.807. The van der Waals surface area contributed by atoms with Crippen LogP contribution in [0.2, 0.25) is 0 Å². The first-order valence-electron chi connectivity index (χ1n) is 5.34. The van der Waals surface area contributed by atoms with Crippen molar-refractivity contribution in [3.05, 3.63) is 20.8 Å². The van der Waals surface area contributed by atoms with Crippen molar-refractivity contribution >= 4 is 27.3 Å². The Morgan fingerprint density at radius 2 is 2.12 bits per heavy atom. The largest absolute Gasteiger partial charge is 0.391 e. The lowest BCUT2D eigenvalue weighted by Crippen LogP contribution is -2.38. The highest BCUT2D eigenvalue weighted by Gasteiger charge is 2.48. The Kier molecular flexibility index (Phi) is 3.58. The highest BCUT2D eigenvalue weighted by molar-refractivity contribution is 9.10. The molecule has 1 N–H and O–H groups in total. The Morgan fingerprint density at radius 1 is 1.41 bits per heavy atom. The van der Waals surface area contributed by atoms with Crippen molar-refractivity contribution in [2.45, 2.75) is 37.5 Å². The van der Waals surface area contributed by atoms with Crippen LogP contribution in [-0.4, -0.2) is 11.3 Å². The molecule has 0 amide bonds. The minimum absolute atomic E-state index is 0.119. The molecular formula is C11H12BrF3OS. The Hall–Kier alpha value is -0.0700. The van der Waals surface area contributed by atoms with Gasteiger partial charge in [0.05, 0.1) is 11.5 Å². The standard InChI is InChI=1S/C11H12BrF3OS/c12-9-6-17-5-8(9)10(16)3-1-2-7(4-10)11(13,14)15/h5-7,16H,1-4H2. The van der Waals surface area contributed by atoms with Crippen LogP contribution in [-0.2, 0) is 5.60 Å². The van der Waals surface area contributed by atoms with E-state index in [1.54, 1.807) is 10.8 Å². The van der Waals surface area contributed by atoms with E-state index in [1.165, 1.54) is 11.3 Å². The van der Waals surface area contributed by atoms with Crippen LogP contribution in [0.15, 0.2) is 15.2 Å². The summed E-state index contributed by atoms with van der Waals surface area (Å²) in [4.78, 5) is 0. The van der Waals surface area contributed by atoms with Gasteiger partial charge in [-0.25, -0.2) is 0 Å². The fraction of sp³-hybridized carbons (Fsp3) is 0.636. The third kappa shape index (κ3) is 2.69. The van der Waals surface area contributed by atoms with Crippen molar-refractivity contribution in [1.82, 2.24) is 0 Å². The average Bonchev–Trinajstić information content (AvgIpc) is 2.64. The molecule has 1 aromatic heterocycles. The SMILES string of the molecule is OC1(c2cscc2Br)CCCC(C(F)(F)F)C1. The van der Waals surface area contributed by atoms with E-state index >= 15 is 0 Å². The summed E-state index contributed by atoms with van der Waals surface area (Å²) in [5, 5.41) is 13.9. The number of rotatable bonds is 1. The molecule has 1 aliphatic rings. The maximum Gasteiger partial charge on any atom is 0.391 e. The lowest BCUT2D eigenvalue weighted by Gasteiger charge is -2.37. The van der Waals surface area contributed by atoms with E-state index in [0.29, 0.717) is 22.9 Å². The Balaban J connectivity index is 2.24. The second kappa shape index (κ2) is 4.55. The van der Waals surface area contributed by atoms with Crippen LogP contribution < -0.4 is 0 Å². The number of aliphatic hydroxyl groups is 1. The van der Waals surface area contributed by atoms with Crippen molar-refractivity contribution in [2.24, 2.45) is 5.92 Å². The van der Waals surface area contributed by atoms with Crippen LogP contribution in [0.5, 0.6) is 0 Å². The van der Waals surface area contributed by atoms with Gasteiger partial charge in [0.1, 0.15) is 0 Å². The van der Waals surface area contributed by atoms with Crippen LogP contribution in [0, 0.1) is 5.92 Å². The number of hydrogen-bond donors (Lipinski definition) is 1. The van der Waals surface area contributed by atoms with Gasteiger partial charge in [0.15, 0.2) is 0 Å². The van der Waals surface area contributed by atoms with E-state index in [-0.39, 0.29) is 12.8 Å². The third-order valence-corrected chi connectivity index (χ3v) is 5.01. The van der Waals surface area contributed by atoms with E-state index in [0.717, 1.165) is 0 Å². The third-order valence-electron chi connectivity index (χ3n) is 3.31. The summed E-state index contributed by atoms with van der Waals surface area (Å²) in [6.07, 6.45) is -3.52. The number of hydrogen-bond acceptors (Lipinski definition) is 2. The summed E-state index contributed by atoms with van der Waals surface area (Å²) in [6.45, 7) is 0. The summed E-state index contributed by atoms with van der Waals surface area (Å²) >= 11 is 4.66. The average molecular weight is 329 g/mol. The summed E-state index contributed by atoms with van der Waals surface area (Å²) in [7, 11) is 0. The highest BCUT2D eigenvalue weighted by Crippen LogP contribution is 2.48. The van der Waals surface area contributed by atoms with E-state index in [4.69, 9.17) is 0 Å². The smallest absolute Gasteiger partial charge is 0.385 e. The minimum atomic E-state index is -4.21. The predicted octanol–water partition coefficient (Wildman–Crippen LogP) is 4.45. The van der Waals surface area contributed by atoms with Crippen LogP contribution in [0.1, 0.15) is 31.2 Å². The van der Waals surface area contributed by atoms with E-state index in [9.17, 15) is 18.3 Å². The van der Waals surface area contributed by atoms with E-state index in [1.807, 2.05) is 0 Å². The van der Waals surface area contributed by atoms with Crippen LogP contribution >= 0.6 is 27.3 Å². The molecule has 1 nitrogen and oxygen atoms in total. The summed E-state index contributed by atoms with van der Waals surface area (Å²) in [5.74, 6) is -1.40. The van der Waals surface area contributed by atoms with Gasteiger partial charge in [0.25, 0.3) is 0 Å².